The highest BCUT2D eigenvalue weighted by Gasteiger charge is 2.55. The number of hydrogen-bond acceptors (Lipinski definition) is 6. The molecule has 0 bridgehead atoms. The zero-order valence-electron chi connectivity index (χ0n) is 14.8. The Morgan fingerprint density at radius 2 is 1.17 bits per heavy atom. The fourth-order valence-corrected chi connectivity index (χ4v) is 2.80. The Morgan fingerprint density at radius 1 is 0.826 bits per heavy atom. The summed E-state index contributed by atoms with van der Waals surface area (Å²) in [6.45, 7) is 1.13. The van der Waals surface area contributed by atoms with Crippen LogP contribution < -0.4 is 0 Å². The molecule has 0 amide bonds. The van der Waals surface area contributed by atoms with E-state index in [9.17, 15) is 9.59 Å². The lowest BCUT2D eigenvalue weighted by molar-refractivity contribution is -0.877. The minimum absolute atomic E-state index is 0.109. The number of hydrogen-bond donors (Lipinski definition) is 0. The first-order valence-corrected chi connectivity index (χ1v) is 7.76. The molecule has 8 nitrogen and oxygen atoms in total. The Hall–Kier alpha value is -1.22. The van der Waals surface area contributed by atoms with Gasteiger partial charge in [0.1, 0.15) is 25.3 Å². The number of rotatable bonds is 4. The van der Waals surface area contributed by atoms with E-state index in [0.29, 0.717) is 22.1 Å². The van der Waals surface area contributed by atoms with Gasteiger partial charge in [-0.1, -0.05) is 0 Å². The summed E-state index contributed by atoms with van der Waals surface area (Å²) in [7, 11) is 11.9. The Bertz CT molecular complexity index is 435. The maximum atomic E-state index is 11.9. The van der Waals surface area contributed by atoms with Crippen LogP contribution in [0.15, 0.2) is 0 Å². The highest BCUT2D eigenvalue weighted by atomic mass is 17.0. The van der Waals surface area contributed by atoms with Gasteiger partial charge in [-0.2, -0.15) is 0 Å². The summed E-state index contributed by atoms with van der Waals surface area (Å²) in [4.78, 5) is 23.9. The molecule has 0 aromatic carbocycles. The third-order valence-corrected chi connectivity index (χ3v) is 3.39. The summed E-state index contributed by atoms with van der Waals surface area (Å²) >= 11 is 0. The molecule has 2 aliphatic rings. The van der Waals surface area contributed by atoms with E-state index < -0.39 is 30.3 Å². The number of carbonyl (C=O) groups is 2. The van der Waals surface area contributed by atoms with Crippen molar-refractivity contribution in [3.05, 3.63) is 0 Å². The van der Waals surface area contributed by atoms with E-state index in [-0.39, 0.29) is 12.8 Å². The molecule has 2 saturated heterocycles. The van der Waals surface area contributed by atoms with Crippen molar-refractivity contribution in [2.75, 3.05) is 55.4 Å². The van der Waals surface area contributed by atoms with Gasteiger partial charge in [-0.05, 0) is 0 Å². The molecule has 0 aliphatic carbocycles. The smallest absolute Gasteiger partial charge is 0.373 e. The van der Waals surface area contributed by atoms with Crippen LogP contribution in [0.4, 0.5) is 0 Å². The fraction of sp³-hybridized carbons (Fsp3) is 0.867. The van der Waals surface area contributed by atoms with Crippen LogP contribution in [-0.4, -0.2) is 94.6 Å². The predicted octanol–water partition coefficient (Wildman–Crippen LogP) is -0.326. The van der Waals surface area contributed by atoms with Gasteiger partial charge in [0, 0.05) is 0 Å². The van der Waals surface area contributed by atoms with E-state index in [1.165, 1.54) is 0 Å². The van der Waals surface area contributed by atoms with E-state index in [2.05, 4.69) is 0 Å². The Balaban J connectivity index is 2.14. The average molecular weight is 332 g/mol. The molecule has 23 heavy (non-hydrogen) atoms. The van der Waals surface area contributed by atoms with Crippen molar-refractivity contribution in [3.8, 4) is 0 Å². The van der Waals surface area contributed by atoms with Gasteiger partial charge in [0.15, 0.2) is 0 Å². The summed E-state index contributed by atoms with van der Waals surface area (Å²) < 4.78 is 23.0. The van der Waals surface area contributed by atoms with Gasteiger partial charge in [0.2, 0.25) is 0 Å². The second-order valence-corrected chi connectivity index (χ2v) is 8.28. The summed E-state index contributed by atoms with van der Waals surface area (Å²) in [6, 6.07) is 0. The lowest BCUT2D eigenvalue weighted by Gasteiger charge is -2.43. The van der Waals surface area contributed by atoms with Crippen LogP contribution in [0.3, 0.4) is 0 Å². The molecule has 2 unspecified atom stereocenters. The minimum atomic E-state index is -2.04. The van der Waals surface area contributed by atoms with Crippen LogP contribution in [0.1, 0.15) is 12.8 Å². The number of carbonyl (C=O) groups excluding carboxylic acids is 2. The van der Waals surface area contributed by atoms with Gasteiger partial charge in [-0.15, -0.1) is 0 Å². The standard InChI is InChI=1S/C15H28N2O6/c1-16(2,3)9-11-7-13(18)22-15(20-11)21-12(8-14(19)23-15)10-17(4,5)6/h11-12H,7-10H2,1-6H3/q+2. The predicted molar refractivity (Wildman–Crippen MR) is 79.7 cm³/mol. The Kier molecular flexibility index (Phi) is 4.74. The monoisotopic (exact) mass is 332 g/mol. The largest absolute Gasteiger partial charge is 0.515 e. The molecule has 0 radical (unpaired) electrons. The Labute approximate surface area is 137 Å². The Morgan fingerprint density at radius 3 is 1.48 bits per heavy atom. The summed E-state index contributed by atoms with van der Waals surface area (Å²) in [5, 5.41) is 0. The van der Waals surface area contributed by atoms with Crippen molar-refractivity contribution in [3.63, 3.8) is 0 Å². The third kappa shape index (κ3) is 5.42. The molecule has 1 spiro atoms. The van der Waals surface area contributed by atoms with Gasteiger partial charge in [-0.3, -0.25) is 19.1 Å². The van der Waals surface area contributed by atoms with E-state index in [1.807, 2.05) is 42.3 Å². The molecule has 2 heterocycles. The van der Waals surface area contributed by atoms with Crippen LogP contribution in [-0.2, 0) is 28.5 Å². The van der Waals surface area contributed by atoms with Crippen molar-refractivity contribution >= 4 is 11.9 Å². The third-order valence-electron chi connectivity index (χ3n) is 3.39. The molecule has 0 saturated carbocycles. The SMILES string of the molecule is C[N+](C)(C)CC1CC(=O)OC2(OC(=O)CC(C[N+](C)(C)C)O2)O1. The highest BCUT2D eigenvalue weighted by molar-refractivity contribution is 5.73. The average Bonchev–Trinajstić information content (AvgIpc) is 2.19. The van der Waals surface area contributed by atoms with Crippen molar-refractivity contribution < 1.29 is 37.5 Å². The summed E-state index contributed by atoms with van der Waals surface area (Å²) in [5.74, 6) is -0.984. The van der Waals surface area contributed by atoms with Crippen molar-refractivity contribution in [1.29, 1.82) is 0 Å². The molecule has 0 aromatic heterocycles. The van der Waals surface area contributed by atoms with E-state index in [4.69, 9.17) is 18.9 Å². The second-order valence-electron chi connectivity index (χ2n) is 8.28. The maximum Gasteiger partial charge on any atom is 0.515 e. The molecule has 0 aromatic rings. The van der Waals surface area contributed by atoms with Gasteiger partial charge >= 0.3 is 18.1 Å². The van der Waals surface area contributed by atoms with E-state index >= 15 is 0 Å². The molecule has 2 fully saturated rings. The van der Waals surface area contributed by atoms with Gasteiger partial charge in [0.05, 0.1) is 55.1 Å². The van der Waals surface area contributed by atoms with Crippen LogP contribution in [0.25, 0.3) is 0 Å². The topological polar surface area (TPSA) is 71.1 Å². The van der Waals surface area contributed by atoms with Crippen LogP contribution in [0.5, 0.6) is 0 Å². The highest BCUT2D eigenvalue weighted by Crippen LogP contribution is 2.33. The van der Waals surface area contributed by atoms with Gasteiger partial charge in [-0.25, -0.2) is 0 Å². The molecule has 0 N–H and O–H groups in total. The lowest BCUT2D eigenvalue weighted by Crippen LogP contribution is -2.60. The first-order chi connectivity index (χ1) is 10.4. The van der Waals surface area contributed by atoms with Gasteiger partial charge in [0.25, 0.3) is 0 Å². The number of esters is 2. The molecule has 2 rings (SSSR count). The first-order valence-electron chi connectivity index (χ1n) is 7.76. The van der Waals surface area contributed by atoms with Crippen molar-refractivity contribution in [1.82, 2.24) is 0 Å². The quantitative estimate of drug-likeness (QED) is 0.519. The van der Waals surface area contributed by atoms with Crippen molar-refractivity contribution in [2.45, 2.75) is 31.2 Å². The zero-order chi connectivity index (χ0) is 17.5. The molecule has 2 atom stereocenters. The molecular weight excluding hydrogens is 304 g/mol. The van der Waals surface area contributed by atoms with Crippen molar-refractivity contribution in [2.24, 2.45) is 0 Å². The number of ether oxygens (including phenoxy) is 4. The fourth-order valence-electron chi connectivity index (χ4n) is 2.80. The van der Waals surface area contributed by atoms with Gasteiger partial charge < -0.3 is 18.4 Å². The second kappa shape index (κ2) is 6.01. The van der Waals surface area contributed by atoms with Crippen LogP contribution in [0, 0.1) is 0 Å². The van der Waals surface area contributed by atoms with Crippen LogP contribution in [0.2, 0.25) is 0 Å². The number of nitrogens with zero attached hydrogens (tertiary/aromatic N) is 2. The maximum absolute atomic E-state index is 11.9. The van der Waals surface area contributed by atoms with E-state index in [0.717, 1.165) is 0 Å². The summed E-state index contributed by atoms with van der Waals surface area (Å²) in [5.41, 5.74) is 0. The minimum Gasteiger partial charge on any atom is -0.373 e. The van der Waals surface area contributed by atoms with Crippen LogP contribution >= 0.6 is 0 Å². The zero-order valence-corrected chi connectivity index (χ0v) is 14.8. The number of quaternary nitrogens is 2. The molecule has 2 aliphatic heterocycles. The molecule has 8 heteroatoms. The molecular formula is C15H28N2O6+2. The lowest BCUT2D eigenvalue weighted by atomic mass is 10.2. The first kappa shape index (κ1) is 18.1. The molecule has 132 valence electrons. The number of likely N-dealkylation sites (N-methyl/N-ethyl adjacent to an activating group) is 2. The van der Waals surface area contributed by atoms with E-state index in [1.54, 1.807) is 0 Å². The summed E-state index contributed by atoms with van der Waals surface area (Å²) in [6.07, 6.45) is -2.69. The normalized spacial score (nSPS) is 32.6.